The predicted octanol–water partition coefficient (Wildman–Crippen LogP) is 0.457. The summed E-state index contributed by atoms with van der Waals surface area (Å²) < 4.78 is 0. The van der Waals surface area contributed by atoms with Gasteiger partial charge in [0.15, 0.2) is 0 Å². The summed E-state index contributed by atoms with van der Waals surface area (Å²) in [5, 5.41) is 9.21. The molecule has 0 bridgehead atoms. The van der Waals surface area contributed by atoms with Crippen molar-refractivity contribution in [3.8, 4) is 0 Å². The number of urea groups is 1. The summed E-state index contributed by atoms with van der Waals surface area (Å²) in [6.45, 7) is 3.94. The molecule has 0 saturated carbocycles. The molecule has 0 aromatic rings. The Morgan fingerprint density at radius 1 is 1.10 bits per heavy atom. The lowest BCUT2D eigenvalue weighted by Gasteiger charge is -2.38. The van der Waals surface area contributed by atoms with Crippen molar-refractivity contribution >= 4 is 17.9 Å². The van der Waals surface area contributed by atoms with Crippen LogP contribution in [0.5, 0.6) is 0 Å². The van der Waals surface area contributed by atoms with Gasteiger partial charge in [-0.15, -0.1) is 0 Å². The van der Waals surface area contributed by atoms with E-state index in [0.29, 0.717) is 39.0 Å². The zero-order chi connectivity index (χ0) is 15.6. The summed E-state index contributed by atoms with van der Waals surface area (Å²) in [7, 11) is 1.75. The van der Waals surface area contributed by atoms with Gasteiger partial charge in [-0.3, -0.25) is 9.59 Å². The molecule has 7 heteroatoms. The number of carboxylic acids is 1. The van der Waals surface area contributed by atoms with E-state index in [1.165, 1.54) is 0 Å². The van der Waals surface area contributed by atoms with Crippen LogP contribution < -0.4 is 0 Å². The number of hydrogen-bond acceptors (Lipinski definition) is 3. The van der Waals surface area contributed by atoms with Crippen LogP contribution in [0.1, 0.15) is 26.2 Å². The fourth-order valence-corrected chi connectivity index (χ4v) is 2.76. The third-order valence-corrected chi connectivity index (χ3v) is 4.60. The Hall–Kier alpha value is -1.79. The van der Waals surface area contributed by atoms with Crippen LogP contribution in [0.15, 0.2) is 0 Å². The molecule has 0 aromatic carbocycles. The average molecular weight is 297 g/mol. The van der Waals surface area contributed by atoms with Crippen LogP contribution in [-0.2, 0) is 9.59 Å². The molecule has 2 heterocycles. The van der Waals surface area contributed by atoms with Crippen molar-refractivity contribution in [3.63, 3.8) is 0 Å². The Bertz CT molecular complexity index is 444. The number of carbonyl (C=O) groups excluding carboxylic acids is 2. The van der Waals surface area contributed by atoms with Gasteiger partial charge in [0.2, 0.25) is 5.91 Å². The molecule has 0 unspecified atom stereocenters. The summed E-state index contributed by atoms with van der Waals surface area (Å²) in [6, 6.07) is -0.147. The van der Waals surface area contributed by atoms with Crippen LogP contribution in [-0.4, -0.2) is 77.5 Å². The Morgan fingerprint density at radius 2 is 1.71 bits per heavy atom. The van der Waals surface area contributed by atoms with Crippen LogP contribution in [0.2, 0.25) is 0 Å². The minimum absolute atomic E-state index is 0.0479. The second-order valence-electron chi connectivity index (χ2n) is 6.23. The van der Waals surface area contributed by atoms with E-state index in [2.05, 4.69) is 0 Å². The molecule has 0 radical (unpaired) electrons. The number of likely N-dealkylation sites (N-methyl/N-ethyl adjacent to an activating group) is 1. The molecule has 0 aromatic heterocycles. The predicted molar refractivity (Wildman–Crippen MR) is 75.8 cm³/mol. The van der Waals surface area contributed by atoms with Crippen LogP contribution in [0.3, 0.4) is 0 Å². The molecule has 2 rings (SSSR count). The van der Waals surface area contributed by atoms with Gasteiger partial charge < -0.3 is 19.8 Å². The van der Waals surface area contributed by atoms with E-state index in [4.69, 9.17) is 0 Å². The Labute approximate surface area is 124 Å². The maximum absolute atomic E-state index is 12.5. The lowest BCUT2D eigenvalue weighted by Crippen LogP contribution is -2.51. The monoisotopic (exact) mass is 297 g/mol. The topological polar surface area (TPSA) is 81.2 Å². The van der Waals surface area contributed by atoms with E-state index in [0.717, 1.165) is 6.42 Å². The van der Waals surface area contributed by atoms with Gasteiger partial charge in [-0.1, -0.05) is 0 Å². The standard InChI is InChI=1S/C14H23N3O4/c1-14(12(19)20)4-8-16(9-5-14)13(21)17-7-3-6-15(2)11(18)10-17/h3-10H2,1-2H3,(H,19,20). The van der Waals surface area contributed by atoms with Gasteiger partial charge in [0.1, 0.15) is 6.54 Å². The number of nitrogens with zero attached hydrogens (tertiary/aromatic N) is 3. The van der Waals surface area contributed by atoms with Gasteiger partial charge in [-0.2, -0.15) is 0 Å². The minimum atomic E-state index is -0.804. The van der Waals surface area contributed by atoms with E-state index in [1.54, 1.807) is 28.7 Å². The Balaban J connectivity index is 1.95. The maximum atomic E-state index is 12.5. The number of hydrogen-bond donors (Lipinski definition) is 1. The third-order valence-electron chi connectivity index (χ3n) is 4.60. The molecule has 2 aliphatic rings. The van der Waals surface area contributed by atoms with E-state index >= 15 is 0 Å². The molecule has 0 spiro atoms. The molecule has 2 fully saturated rings. The zero-order valence-electron chi connectivity index (χ0n) is 12.7. The Morgan fingerprint density at radius 3 is 2.29 bits per heavy atom. The quantitative estimate of drug-likeness (QED) is 0.762. The lowest BCUT2D eigenvalue weighted by atomic mass is 9.80. The van der Waals surface area contributed by atoms with Crippen molar-refractivity contribution in [2.75, 3.05) is 39.8 Å². The molecular weight excluding hydrogens is 274 g/mol. The number of likely N-dealkylation sites (tertiary alicyclic amines) is 1. The molecule has 1 N–H and O–H groups in total. The van der Waals surface area contributed by atoms with E-state index in [1.807, 2.05) is 0 Å². The molecule has 118 valence electrons. The highest BCUT2D eigenvalue weighted by atomic mass is 16.4. The number of piperidine rings is 1. The first-order valence-corrected chi connectivity index (χ1v) is 7.35. The molecule has 7 nitrogen and oxygen atoms in total. The number of carbonyl (C=O) groups is 3. The Kier molecular flexibility index (Phi) is 4.39. The largest absolute Gasteiger partial charge is 0.481 e. The fourth-order valence-electron chi connectivity index (χ4n) is 2.76. The zero-order valence-corrected chi connectivity index (χ0v) is 12.7. The van der Waals surface area contributed by atoms with Crippen molar-refractivity contribution in [2.24, 2.45) is 5.41 Å². The van der Waals surface area contributed by atoms with Gasteiger partial charge in [0.25, 0.3) is 0 Å². The highest BCUT2D eigenvalue weighted by Crippen LogP contribution is 2.31. The summed E-state index contributed by atoms with van der Waals surface area (Å²) >= 11 is 0. The van der Waals surface area contributed by atoms with Crippen LogP contribution in [0.4, 0.5) is 4.79 Å². The number of amides is 3. The van der Waals surface area contributed by atoms with Crippen LogP contribution in [0, 0.1) is 5.41 Å². The summed E-state index contributed by atoms with van der Waals surface area (Å²) in [6.07, 6.45) is 1.68. The average Bonchev–Trinajstić information content (AvgIpc) is 2.61. The van der Waals surface area contributed by atoms with Crippen LogP contribution in [0.25, 0.3) is 0 Å². The molecule has 2 saturated heterocycles. The summed E-state index contributed by atoms with van der Waals surface area (Å²) in [4.78, 5) is 40.4. The molecule has 21 heavy (non-hydrogen) atoms. The number of aliphatic carboxylic acids is 1. The normalized spacial score (nSPS) is 23.0. The van der Waals surface area contributed by atoms with E-state index < -0.39 is 11.4 Å². The first-order chi connectivity index (χ1) is 9.83. The van der Waals surface area contributed by atoms with Gasteiger partial charge in [0, 0.05) is 33.2 Å². The fraction of sp³-hybridized carbons (Fsp3) is 0.786. The van der Waals surface area contributed by atoms with Crippen molar-refractivity contribution in [2.45, 2.75) is 26.2 Å². The summed E-state index contributed by atoms with van der Waals surface area (Å²) in [5.41, 5.74) is -0.744. The van der Waals surface area contributed by atoms with E-state index in [-0.39, 0.29) is 18.5 Å². The van der Waals surface area contributed by atoms with Gasteiger partial charge >= 0.3 is 12.0 Å². The van der Waals surface area contributed by atoms with E-state index in [9.17, 15) is 19.5 Å². The summed E-state index contributed by atoms with van der Waals surface area (Å²) in [5.74, 6) is -0.852. The molecule has 2 aliphatic heterocycles. The molecule has 0 aliphatic carbocycles. The van der Waals surface area contributed by atoms with Crippen LogP contribution >= 0.6 is 0 Å². The van der Waals surface area contributed by atoms with Crippen molar-refractivity contribution in [3.05, 3.63) is 0 Å². The SMILES string of the molecule is CN1CCCN(C(=O)N2CCC(C)(C(=O)O)CC2)CC1=O. The second kappa shape index (κ2) is 5.91. The smallest absolute Gasteiger partial charge is 0.320 e. The van der Waals surface area contributed by atoms with Crippen molar-refractivity contribution in [1.82, 2.24) is 14.7 Å². The highest BCUT2D eigenvalue weighted by Gasteiger charge is 2.39. The van der Waals surface area contributed by atoms with Crippen molar-refractivity contribution < 1.29 is 19.5 Å². The highest BCUT2D eigenvalue weighted by molar-refractivity contribution is 5.84. The first-order valence-electron chi connectivity index (χ1n) is 7.35. The molecule has 3 amide bonds. The minimum Gasteiger partial charge on any atom is -0.481 e. The van der Waals surface area contributed by atoms with Gasteiger partial charge in [-0.25, -0.2) is 4.79 Å². The molecular formula is C14H23N3O4. The van der Waals surface area contributed by atoms with Gasteiger partial charge in [-0.05, 0) is 26.2 Å². The molecule has 0 atom stereocenters. The number of carboxylic acid groups (broad SMARTS) is 1. The first kappa shape index (κ1) is 15.6. The second-order valence-corrected chi connectivity index (χ2v) is 6.23. The number of rotatable bonds is 1. The third kappa shape index (κ3) is 3.28. The lowest BCUT2D eigenvalue weighted by molar-refractivity contribution is -0.150. The van der Waals surface area contributed by atoms with Gasteiger partial charge in [0.05, 0.1) is 5.41 Å². The maximum Gasteiger partial charge on any atom is 0.320 e. The van der Waals surface area contributed by atoms with Crippen molar-refractivity contribution in [1.29, 1.82) is 0 Å².